The van der Waals surface area contributed by atoms with Crippen LogP contribution in [-0.4, -0.2) is 18.9 Å². The molecule has 2 aromatic rings. The molecule has 126 valence electrons. The molecule has 0 saturated heterocycles. The SMILES string of the molecule is COC(=O)C1=C(C)NC2=C(C(=O)c3ccccc32)[C@@H]1c1ccc(Br)o1. The molecule has 1 aromatic carbocycles. The highest BCUT2D eigenvalue weighted by Crippen LogP contribution is 2.47. The Morgan fingerprint density at radius 1 is 1.20 bits per heavy atom. The van der Waals surface area contributed by atoms with E-state index in [1.807, 2.05) is 18.2 Å². The van der Waals surface area contributed by atoms with E-state index in [-0.39, 0.29) is 5.78 Å². The second-order valence-electron chi connectivity index (χ2n) is 5.89. The lowest BCUT2D eigenvalue weighted by molar-refractivity contribution is -0.136. The van der Waals surface area contributed by atoms with Crippen LogP contribution in [0.1, 0.15) is 34.5 Å². The summed E-state index contributed by atoms with van der Waals surface area (Å²) in [6.07, 6.45) is 0. The summed E-state index contributed by atoms with van der Waals surface area (Å²) in [6.45, 7) is 1.80. The van der Waals surface area contributed by atoms with Crippen molar-refractivity contribution in [1.82, 2.24) is 5.32 Å². The Balaban J connectivity index is 1.96. The number of allylic oxidation sites excluding steroid dienone is 2. The van der Waals surface area contributed by atoms with Crippen molar-refractivity contribution in [3.8, 4) is 0 Å². The number of nitrogens with one attached hydrogen (secondary N) is 1. The molecule has 0 bridgehead atoms. The van der Waals surface area contributed by atoms with Crippen LogP contribution in [0.5, 0.6) is 0 Å². The van der Waals surface area contributed by atoms with E-state index < -0.39 is 11.9 Å². The molecule has 1 aromatic heterocycles. The zero-order chi connectivity index (χ0) is 17.7. The Morgan fingerprint density at radius 3 is 2.56 bits per heavy atom. The van der Waals surface area contributed by atoms with Crippen molar-refractivity contribution in [2.75, 3.05) is 7.11 Å². The first-order chi connectivity index (χ1) is 12.0. The van der Waals surface area contributed by atoms with E-state index in [1.54, 1.807) is 25.1 Å². The maximum absolute atomic E-state index is 13.1. The van der Waals surface area contributed by atoms with Crippen LogP contribution in [0.4, 0.5) is 0 Å². The van der Waals surface area contributed by atoms with Crippen LogP contribution in [-0.2, 0) is 9.53 Å². The van der Waals surface area contributed by atoms with Crippen LogP contribution in [0.3, 0.4) is 0 Å². The lowest BCUT2D eigenvalue weighted by Crippen LogP contribution is -2.28. The number of halogens is 1. The highest BCUT2D eigenvalue weighted by molar-refractivity contribution is 9.10. The number of hydrogen-bond acceptors (Lipinski definition) is 5. The van der Waals surface area contributed by atoms with Crippen LogP contribution in [0, 0.1) is 0 Å². The zero-order valence-electron chi connectivity index (χ0n) is 13.6. The Bertz CT molecular complexity index is 983. The highest BCUT2D eigenvalue weighted by Gasteiger charge is 2.44. The predicted molar refractivity (Wildman–Crippen MR) is 94.7 cm³/mol. The molecule has 4 rings (SSSR count). The molecule has 5 nitrogen and oxygen atoms in total. The number of Topliss-reactive ketones (excluding diaryl/α,β-unsaturated/α-hetero) is 1. The van der Waals surface area contributed by atoms with E-state index in [4.69, 9.17) is 9.15 Å². The molecule has 6 heteroatoms. The number of carbonyl (C=O) groups is 2. The Kier molecular flexibility index (Phi) is 3.65. The number of fused-ring (bicyclic) bond motifs is 2. The zero-order valence-corrected chi connectivity index (χ0v) is 15.1. The molecular weight excluding hydrogens is 386 g/mol. The molecule has 25 heavy (non-hydrogen) atoms. The van der Waals surface area contributed by atoms with E-state index in [0.717, 1.165) is 11.3 Å². The van der Waals surface area contributed by atoms with Gasteiger partial charge in [0.2, 0.25) is 0 Å². The Hall–Kier alpha value is -2.60. The number of rotatable bonds is 2. The minimum Gasteiger partial charge on any atom is -0.466 e. The second-order valence-corrected chi connectivity index (χ2v) is 6.68. The Labute approximate surface area is 152 Å². The first kappa shape index (κ1) is 15.9. The van der Waals surface area contributed by atoms with Gasteiger partial charge in [-0.1, -0.05) is 24.3 Å². The molecule has 2 aliphatic rings. The molecule has 1 N–H and O–H groups in total. The number of carbonyl (C=O) groups excluding carboxylic acids is 2. The lowest BCUT2D eigenvalue weighted by atomic mass is 9.83. The van der Waals surface area contributed by atoms with Gasteiger partial charge < -0.3 is 14.5 Å². The van der Waals surface area contributed by atoms with Crippen LogP contribution in [0.2, 0.25) is 0 Å². The van der Waals surface area contributed by atoms with Gasteiger partial charge in [0.25, 0.3) is 0 Å². The van der Waals surface area contributed by atoms with E-state index in [0.29, 0.717) is 32.8 Å². The summed E-state index contributed by atoms with van der Waals surface area (Å²) in [4.78, 5) is 25.5. The van der Waals surface area contributed by atoms with Crippen molar-refractivity contribution in [2.45, 2.75) is 12.8 Å². The summed E-state index contributed by atoms with van der Waals surface area (Å²) < 4.78 is 11.2. The van der Waals surface area contributed by atoms with Crippen LogP contribution >= 0.6 is 15.9 Å². The predicted octanol–water partition coefficient (Wildman–Crippen LogP) is 3.78. The summed E-state index contributed by atoms with van der Waals surface area (Å²) >= 11 is 3.29. The van der Waals surface area contributed by atoms with E-state index >= 15 is 0 Å². The van der Waals surface area contributed by atoms with Gasteiger partial charge in [-0.25, -0.2) is 4.79 Å². The summed E-state index contributed by atoms with van der Waals surface area (Å²) in [6, 6.07) is 10.9. The first-order valence-corrected chi connectivity index (χ1v) is 8.51. The highest BCUT2D eigenvalue weighted by atomic mass is 79.9. The van der Waals surface area contributed by atoms with Gasteiger partial charge in [-0.2, -0.15) is 0 Å². The van der Waals surface area contributed by atoms with E-state index in [1.165, 1.54) is 7.11 Å². The molecule has 2 heterocycles. The number of benzene rings is 1. The largest absolute Gasteiger partial charge is 0.466 e. The average Bonchev–Trinajstić information content (AvgIpc) is 3.16. The van der Waals surface area contributed by atoms with Gasteiger partial charge >= 0.3 is 5.97 Å². The topological polar surface area (TPSA) is 68.5 Å². The summed E-state index contributed by atoms with van der Waals surface area (Å²) in [5, 5.41) is 3.22. The fraction of sp³-hybridized carbons (Fsp3) is 0.158. The molecule has 0 unspecified atom stereocenters. The average molecular weight is 400 g/mol. The van der Waals surface area contributed by atoms with E-state index in [9.17, 15) is 9.59 Å². The second kappa shape index (κ2) is 5.74. The van der Waals surface area contributed by atoms with Crippen molar-refractivity contribution < 1.29 is 18.7 Å². The maximum Gasteiger partial charge on any atom is 0.336 e. The van der Waals surface area contributed by atoms with Gasteiger partial charge in [0.15, 0.2) is 10.5 Å². The normalized spacial score (nSPS) is 18.8. The standard InChI is InChI=1S/C19H14BrNO4/c1-9-14(19(23)24-2)15(12-7-8-13(20)25-12)16-17(21-9)10-5-3-4-6-11(10)18(16)22/h3-8,15,21H,1-2H3/t15-/m1/s1. The van der Waals surface area contributed by atoms with Gasteiger partial charge in [0.1, 0.15) is 5.76 Å². The molecule has 0 radical (unpaired) electrons. The molecule has 0 saturated carbocycles. The Morgan fingerprint density at radius 2 is 1.92 bits per heavy atom. The molecule has 0 amide bonds. The maximum atomic E-state index is 13.1. The molecule has 1 atom stereocenters. The quantitative estimate of drug-likeness (QED) is 0.778. The number of methoxy groups -OCH3 is 1. The minimum atomic E-state index is -0.616. The number of ether oxygens (including phenoxy) is 1. The first-order valence-electron chi connectivity index (χ1n) is 7.72. The number of hydrogen-bond donors (Lipinski definition) is 1. The summed E-state index contributed by atoms with van der Waals surface area (Å²) in [5.41, 5.74) is 3.71. The van der Waals surface area contributed by atoms with Crippen molar-refractivity contribution >= 4 is 33.4 Å². The number of furan rings is 1. The smallest absolute Gasteiger partial charge is 0.336 e. The molecule has 1 aliphatic heterocycles. The molecule has 0 spiro atoms. The van der Waals surface area contributed by atoms with Gasteiger partial charge in [-0.05, 0) is 35.0 Å². The van der Waals surface area contributed by atoms with Crippen LogP contribution < -0.4 is 5.32 Å². The number of dihydropyridines is 1. The third-order valence-electron chi connectivity index (χ3n) is 4.53. The van der Waals surface area contributed by atoms with Gasteiger partial charge in [-0.15, -0.1) is 0 Å². The monoisotopic (exact) mass is 399 g/mol. The lowest BCUT2D eigenvalue weighted by Gasteiger charge is -2.27. The third-order valence-corrected chi connectivity index (χ3v) is 4.96. The number of ketones is 1. The van der Waals surface area contributed by atoms with Crippen LogP contribution in [0.25, 0.3) is 5.70 Å². The molecule has 0 fully saturated rings. The molecule has 1 aliphatic carbocycles. The van der Waals surface area contributed by atoms with Gasteiger partial charge in [0.05, 0.1) is 24.3 Å². The fourth-order valence-electron chi connectivity index (χ4n) is 3.48. The van der Waals surface area contributed by atoms with Gasteiger partial charge in [0, 0.05) is 22.4 Å². The number of esters is 1. The summed E-state index contributed by atoms with van der Waals surface area (Å²) in [7, 11) is 1.33. The molecular formula is C19H14BrNO4. The van der Waals surface area contributed by atoms with E-state index in [2.05, 4.69) is 21.2 Å². The van der Waals surface area contributed by atoms with Crippen molar-refractivity contribution in [1.29, 1.82) is 0 Å². The van der Waals surface area contributed by atoms with Gasteiger partial charge in [-0.3, -0.25) is 4.79 Å². The van der Waals surface area contributed by atoms with Crippen LogP contribution in [0.15, 0.2) is 62.3 Å². The minimum absolute atomic E-state index is 0.107. The summed E-state index contributed by atoms with van der Waals surface area (Å²) in [5.74, 6) is -0.695. The third kappa shape index (κ3) is 2.28. The van der Waals surface area contributed by atoms with Crippen molar-refractivity contribution in [3.63, 3.8) is 0 Å². The van der Waals surface area contributed by atoms with Crippen molar-refractivity contribution in [2.24, 2.45) is 0 Å². The fourth-order valence-corrected chi connectivity index (χ4v) is 3.80. The van der Waals surface area contributed by atoms with Crippen molar-refractivity contribution in [3.05, 3.63) is 74.8 Å².